The van der Waals surface area contributed by atoms with Crippen molar-refractivity contribution in [1.29, 1.82) is 0 Å². The van der Waals surface area contributed by atoms with E-state index in [4.69, 9.17) is 11.6 Å². The molecule has 1 amide bonds. The first kappa shape index (κ1) is 15.0. The number of carbonyl (C=O) groups is 1. The van der Waals surface area contributed by atoms with E-state index in [9.17, 15) is 4.79 Å². The summed E-state index contributed by atoms with van der Waals surface area (Å²) < 4.78 is 0. The van der Waals surface area contributed by atoms with Crippen molar-refractivity contribution in [2.45, 2.75) is 51.5 Å². The van der Waals surface area contributed by atoms with Crippen LogP contribution in [0.2, 0.25) is 0 Å². The average Bonchev–Trinajstić information content (AvgIpc) is 2.27. The Kier molecular flexibility index (Phi) is 5.21. The highest BCUT2D eigenvalue weighted by molar-refractivity contribution is 6.21. The maximum absolute atomic E-state index is 11.8. The van der Waals surface area contributed by atoms with Crippen molar-refractivity contribution in [1.82, 2.24) is 5.32 Å². The fraction of sp³-hybridized carbons (Fsp3) is 0.533. The molecule has 0 bridgehead atoms. The third-order valence-corrected chi connectivity index (χ3v) is 3.76. The number of alkyl halides is 1. The highest BCUT2D eigenvalue weighted by atomic mass is 35.5. The Morgan fingerprint density at radius 2 is 1.89 bits per heavy atom. The number of aryl methyl sites for hydroxylation is 2. The van der Waals surface area contributed by atoms with Crippen LogP contribution in [0.3, 0.4) is 0 Å². The molecule has 18 heavy (non-hydrogen) atoms. The van der Waals surface area contributed by atoms with Gasteiger partial charge in [0.2, 0.25) is 5.91 Å². The molecular weight excluding hydrogens is 246 g/mol. The van der Waals surface area contributed by atoms with E-state index in [1.807, 2.05) is 20.8 Å². The van der Waals surface area contributed by atoms with Crippen molar-refractivity contribution in [3.05, 3.63) is 35.4 Å². The summed E-state index contributed by atoms with van der Waals surface area (Å²) in [7, 11) is 0. The van der Waals surface area contributed by atoms with Gasteiger partial charge in [0.25, 0.3) is 0 Å². The minimum Gasteiger partial charge on any atom is -0.350 e. The Labute approximate surface area is 115 Å². The molecule has 0 radical (unpaired) electrons. The van der Waals surface area contributed by atoms with Crippen molar-refractivity contribution in [2.75, 3.05) is 0 Å². The van der Waals surface area contributed by atoms with Gasteiger partial charge in [-0.1, -0.05) is 29.8 Å². The first-order valence-electron chi connectivity index (χ1n) is 6.32. The van der Waals surface area contributed by atoms with Crippen LogP contribution in [0, 0.1) is 6.92 Å². The molecule has 1 atom stereocenters. The zero-order valence-corrected chi connectivity index (χ0v) is 12.3. The highest BCUT2D eigenvalue weighted by Gasteiger charge is 2.25. The summed E-state index contributed by atoms with van der Waals surface area (Å²) in [5, 5.41) is 2.87. The van der Waals surface area contributed by atoms with E-state index in [1.165, 1.54) is 11.1 Å². The fourth-order valence-electron chi connectivity index (χ4n) is 1.53. The third kappa shape index (κ3) is 4.69. The molecule has 1 rings (SSSR count). The van der Waals surface area contributed by atoms with E-state index in [0.717, 1.165) is 6.42 Å². The molecule has 0 saturated heterocycles. The van der Waals surface area contributed by atoms with Crippen LogP contribution < -0.4 is 5.32 Å². The van der Waals surface area contributed by atoms with Gasteiger partial charge in [-0.15, -0.1) is 11.6 Å². The van der Waals surface area contributed by atoms with Crippen LogP contribution in [0.5, 0.6) is 0 Å². The molecule has 0 spiro atoms. The zero-order valence-electron chi connectivity index (χ0n) is 11.6. The molecule has 0 aliphatic heterocycles. The predicted molar refractivity (Wildman–Crippen MR) is 77.0 cm³/mol. The summed E-state index contributed by atoms with van der Waals surface area (Å²) >= 11 is 6.03. The molecule has 100 valence electrons. The number of nitrogens with one attached hydrogen (secondary N) is 1. The van der Waals surface area contributed by atoms with Crippen molar-refractivity contribution in [3.8, 4) is 0 Å². The van der Waals surface area contributed by atoms with Crippen LogP contribution in [0.1, 0.15) is 38.3 Å². The van der Waals surface area contributed by atoms with E-state index < -0.39 is 0 Å². The van der Waals surface area contributed by atoms with Gasteiger partial charge in [0, 0.05) is 6.42 Å². The SMILES string of the molecule is Cc1ccc(CCC(=O)NC(C)(C)C(C)Cl)cc1. The minimum atomic E-state index is -0.369. The Bertz CT molecular complexity index is 395. The van der Waals surface area contributed by atoms with Crippen LogP contribution in [-0.4, -0.2) is 16.8 Å². The number of carbonyl (C=O) groups excluding carboxylic acids is 1. The Balaban J connectivity index is 2.44. The quantitative estimate of drug-likeness (QED) is 0.814. The molecule has 1 unspecified atom stereocenters. The largest absolute Gasteiger partial charge is 0.350 e. The van der Waals surface area contributed by atoms with Gasteiger partial charge >= 0.3 is 0 Å². The molecule has 0 saturated carbocycles. The third-order valence-electron chi connectivity index (χ3n) is 3.22. The number of amides is 1. The van der Waals surface area contributed by atoms with Crippen molar-refractivity contribution in [2.24, 2.45) is 0 Å². The topological polar surface area (TPSA) is 29.1 Å². The van der Waals surface area contributed by atoms with Gasteiger partial charge in [0.05, 0.1) is 10.9 Å². The van der Waals surface area contributed by atoms with Crippen LogP contribution in [0.15, 0.2) is 24.3 Å². The number of benzene rings is 1. The van der Waals surface area contributed by atoms with Gasteiger partial charge in [0.1, 0.15) is 0 Å². The summed E-state index contributed by atoms with van der Waals surface area (Å²) in [5.74, 6) is 0.0491. The Morgan fingerprint density at radius 1 is 1.33 bits per heavy atom. The van der Waals surface area contributed by atoms with E-state index in [2.05, 4.69) is 36.5 Å². The van der Waals surface area contributed by atoms with Gasteiger partial charge in [-0.2, -0.15) is 0 Å². The lowest BCUT2D eigenvalue weighted by molar-refractivity contribution is -0.122. The van der Waals surface area contributed by atoms with Crippen LogP contribution in [-0.2, 0) is 11.2 Å². The molecule has 0 aromatic heterocycles. The summed E-state index contributed by atoms with van der Waals surface area (Å²) in [5.41, 5.74) is 2.05. The number of halogens is 1. The molecule has 1 aromatic rings. The summed E-state index contributed by atoms with van der Waals surface area (Å²) in [6, 6.07) is 8.27. The van der Waals surface area contributed by atoms with Crippen LogP contribution >= 0.6 is 11.6 Å². The molecule has 0 fully saturated rings. The number of hydrogen-bond acceptors (Lipinski definition) is 1. The second kappa shape index (κ2) is 6.24. The molecule has 1 N–H and O–H groups in total. The first-order valence-corrected chi connectivity index (χ1v) is 6.75. The monoisotopic (exact) mass is 267 g/mol. The Morgan fingerprint density at radius 3 is 2.39 bits per heavy atom. The second-order valence-corrected chi connectivity index (χ2v) is 6.03. The highest BCUT2D eigenvalue weighted by Crippen LogP contribution is 2.15. The van der Waals surface area contributed by atoms with Crippen LogP contribution in [0.4, 0.5) is 0 Å². The lowest BCUT2D eigenvalue weighted by atomic mass is 10.0. The lowest BCUT2D eigenvalue weighted by Gasteiger charge is -2.29. The first-order chi connectivity index (χ1) is 8.31. The number of hydrogen-bond donors (Lipinski definition) is 1. The molecule has 0 aliphatic carbocycles. The molecule has 3 heteroatoms. The maximum Gasteiger partial charge on any atom is 0.220 e. The molecule has 1 aromatic carbocycles. The van der Waals surface area contributed by atoms with E-state index in [0.29, 0.717) is 6.42 Å². The van der Waals surface area contributed by atoms with Crippen LogP contribution in [0.25, 0.3) is 0 Å². The van der Waals surface area contributed by atoms with Crippen molar-refractivity contribution < 1.29 is 4.79 Å². The summed E-state index contributed by atoms with van der Waals surface area (Å²) in [4.78, 5) is 11.8. The smallest absolute Gasteiger partial charge is 0.220 e. The van der Waals surface area contributed by atoms with Crippen molar-refractivity contribution in [3.63, 3.8) is 0 Å². The minimum absolute atomic E-state index is 0.0491. The van der Waals surface area contributed by atoms with Gasteiger partial charge in [0.15, 0.2) is 0 Å². The second-order valence-electron chi connectivity index (χ2n) is 5.37. The van der Waals surface area contributed by atoms with Gasteiger partial charge in [-0.3, -0.25) is 4.79 Å². The maximum atomic E-state index is 11.8. The normalized spacial score (nSPS) is 13.2. The molecule has 0 aliphatic rings. The fourth-order valence-corrected chi connectivity index (χ4v) is 1.59. The van der Waals surface area contributed by atoms with E-state index >= 15 is 0 Å². The summed E-state index contributed by atoms with van der Waals surface area (Å²) in [6.45, 7) is 7.82. The van der Waals surface area contributed by atoms with Crippen molar-refractivity contribution >= 4 is 17.5 Å². The predicted octanol–water partition coefficient (Wildman–Crippen LogP) is 3.45. The average molecular weight is 268 g/mol. The number of rotatable bonds is 5. The lowest BCUT2D eigenvalue weighted by Crippen LogP contribution is -2.49. The van der Waals surface area contributed by atoms with Gasteiger partial charge < -0.3 is 5.32 Å². The zero-order chi connectivity index (χ0) is 13.8. The molecular formula is C15H22ClNO. The Hall–Kier alpha value is -1.02. The van der Waals surface area contributed by atoms with E-state index in [1.54, 1.807) is 0 Å². The standard InChI is InChI=1S/C15H22ClNO/c1-11-5-7-13(8-6-11)9-10-14(18)17-15(3,4)12(2)16/h5-8,12H,9-10H2,1-4H3,(H,17,18). The summed E-state index contributed by atoms with van der Waals surface area (Å²) in [6.07, 6.45) is 1.26. The van der Waals surface area contributed by atoms with Gasteiger partial charge in [-0.05, 0) is 39.7 Å². The van der Waals surface area contributed by atoms with E-state index in [-0.39, 0.29) is 16.8 Å². The molecule has 2 nitrogen and oxygen atoms in total. The molecule has 0 heterocycles. The van der Waals surface area contributed by atoms with Gasteiger partial charge in [-0.25, -0.2) is 0 Å².